The van der Waals surface area contributed by atoms with Crippen molar-refractivity contribution in [1.29, 1.82) is 0 Å². The van der Waals surface area contributed by atoms with Crippen molar-refractivity contribution in [2.75, 3.05) is 11.5 Å². The molecule has 4 N–H and O–H groups in total. The summed E-state index contributed by atoms with van der Waals surface area (Å²) in [7, 11) is 0. The largest absolute Gasteiger partial charge is 0.381 e. The molecule has 78 valence electrons. The minimum absolute atomic E-state index is 0.280. The van der Waals surface area contributed by atoms with E-state index < -0.39 is 0 Å². The SMILES string of the molecule is Nc1nc2cc3ccccc3cc2nc1N. The van der Waals surface area contributed by atoms with E-state index in [0.29, 0.717) is 0 Å². The topological polar surface area (TPSA) is 77.8 Å². The molecule has 0 saturated carbocycles. The molecule has 0 unspecified atom stereocenters. The van der Waals surface area contributed by atoms with Gasteiger partial charge in [0.05, 0.1) is 11.0 Å². The molecule has 0 aliphatic heterocycles. The highest BCUT2D eigenvalue weighted by atomic mass is 15.0. The third-order valence-corrected chi connectivity index (χ3v) is 2.59. The monoisotopic (exact) mass is 210 g/mol. The quantitative estimate of drug-likeness (QED) is 0.556. The summed E-state index contributed by atoms with van der Waals surface area (Å²) in [6, 6.07) is 12.0. The smallest absolute Gasteiger partial charge is 0.166 e. The lowest BCUT2D eigenvalue weighted by Gasteiger charge is -2.03. The van der Waals surface area contributed by atoms with Crippen molar-refractivity contribution < 1.29 is 0 Å². The Balaban J connectivity index is 2.46. The highest BCUT2D eigenvalue weighted by Gasteiger charge is 2.03. The van der Waals surface area contributed by atoms with Crippen molar-refractivity contribution in [3.63, 3.8) is 0 Å². The van der Waals surface area contributed by atoms with Gasteiger partial charge in [0.25, 0.3) is 0 Å². The predicted octanol–water partition coefficient (Wildman–Crippen LogP) is 1.95. The Bertz CT molecular complexity index is 631. The van der Waals surface area contributed by atoms with Gasteiger partial charge in [-0.2, -0.15) is 0 Å². The molecule has 0 aliphatic rings. The van der Waals surface area contributed by atoms with E-state index in [9.17, 15) is 0 Å². The second kappa shape index (κ2) is 3.06. The second-order valence-electron chi connectivity index (χ2n) is 3.68. The summed E-state index contributed by atoms with van der Waals surface area (Å²) in [6.07, 6.45) is 0. The molecule has 0 saturated heterocycles. The molecule has 3 rings (SSSR count). The van der Waals surface area contributed by atoms with Crippen LogP contribution in [0.3, 0.4) is 0 Å². The number of benzene rings is 2. The van der Waals surface area contributed by atoms with Crippen LogP contribution < -0.4 is 11.5 Å². The third kappa shape index (κ3) is 1.24. The van der Waals surface area contributed by atoms with Crippen molar-refractivity contribution in [2.24, 2.45) is 0 Å². The molecule has 16 heavy (non-hydrogen) atoms. The van der Waals surface area contributed by atoms with E-state index in [1.54, 1.807) is 0 Å². The number of rotatable bonds is 0. The van der Waals surface area contributed by atoms with E-state index in [2.05, 4.69) is 9.97 Å². The van der Waals surface area contributed by atoms with Gasteiger partial charge in [0.1, 0.15) is 0 Å². The van der Waals surface area contributed by atoms with Crippen molar-refractivity contribution in [3.8, 4) is 0 Å². The summed E-state index contributed by atoms with van der Waals surface area (Å²) in [5.41, 5.74) is 12.8. The number of hydrogen-bond donors (Lipinski definition) is 2. The zero-order valence-electron chi connectivity index (χ0n) is 8.51. The van der Waals surface area contributed by atoms with Crippen LogP contribution in [0.25, 0.3) is 21.8 Å². The summed E-state index contributed by atoms with van der Waals surface area (Å²) in [5, 5.41) is 2.24. The Kier molecular flexibility index (Phi) is 1.71. The molecule has 0 amide bonds. The third-order valence-electron chi connectivity index (χ3n) is 2.59. The van der Waals surface area contributed by atoms with Crippen LogP contribution in [0.5, 0.6) is 0 Å². The van der Waals surface area contributed by atoms with Crippen LogP contribution >= 0.6 is 0 Å². The van der Waals surface area contributed by atoms with Gasteiger partial charge >= 0.3 is 0 Å². The fourth-order valence-electron chi connectivity index (χ4n) is 1.77. The van der Waals surface area contributed by atoms with E-state index in [4.69, 9.17) is 11.5 Å². The number of fused-ring (bicyclic) bond motifs is 2. The predicted molar refractivity (Wildman–Crippen MR) is 65.9 cm³/mol. The van der Waals surface area contributed by atoms with Crippen LogP contribution in [0.2, 0.25) is 0 Å². The van der Waals surface area contributed by atoms with Gasteiger partial charge in [0.2, 0.25) is 0 Å². The molecule has 2 aromatic carbocycles. The van der Waals surface area contributed by atoms with Gasteiger partial charge in [0, 0.05) is 0 Å². The summed E-state index contributed by atoms with van der Waals surface area (Å²) in [4.78, 5) is 8.43. The van der Waals surface area contributed by atoms with E-state index >= 15 is 0 Å². The minimum Gasteiger partial charge on any atom is -0.381 e. The molecule has 0 radical (unpaired) electrons. The number of hydrogen-bond acceptors (Lipinski definition) is 4. The normalized spacial score (nSPS) is 11.0. The molecule has 1 heterocycles. The lowest BCUT2D eigenvalue weighted by Crippen LogP contribution is -2.01. The van der Waals surface area contributed by atoms with Crippen LogP contribution in [0, 0.1) is 0 Å². The van der Waals surface area contributed by atoms with Crippen LogP contribution in [0.4, 0.5) is 11.6 Å². The molecule has 1 aromatic heterocycles. The number of nitrogen functional groups attached to an aromatic ring is 2. The van der Waals surface area contributed by atoms with E-state index in [-0.39, 0.29) is 11.6 Å². The first-order valence-corrected chi connectivity index (χ1v) is 4.95. The van der Waals surface area contributed by atoms with Crippen LogP contribution in [-0.4, -0.2) is 9.97 Å². The molecule has 0 fully saturated rings. The van der Waals surface area contributed by atoms with Gasteiger partial charge < -0.3 is 11.5 Å². The van der Waals surface area contributed by atoms with Crippen molar-refractivity contribution in [1.82, 2.24) is 9.97 Å². The molecule has 0 aliphatic carbocycles. The summed E-state index contributed by atoms with van der Waals surface area (Å²) in [5.74, 6) is 0.561. The Morgan fingerprint density at radius 2 is 1.19 bits per heavy atom. The van der Waals surface area contributed by atoms with Crippen LogP contribution in [0.15, 0.2) is 36.4 Å². The Hall–Kier alpha value is -2.36. The maximum Gasteiger partial charge on any atom is 0.166 e. The molecule has 4 nitrogen and oxygen atoms in total. The first-order chi connectivity index (χ1) is 7.74. The molecular weight excluding hydrogens is 200 g/mol. The van der Waals surface area contributed by atoms with Gasteiger partial charge in [-0.15, -0.1) is 0 Å². The molecule has 0 atom stereocenters. The highest BCUT2D eigenvalue weighted by molar-refractivity contribution is 5.95. The van der Waals surface area contributed by atoms with Crippen LogP contribution in [-0.2, 0) is 0 Å². The highest BCUT2D eigenvalue weighted by Crippen LogP contribution is 2.22. The van der Waals surface area contributed by atoms with Gasteiger partial charge in [-0.25, -0.2) is 9.97 Å². The molecule has 3 aromatic rings. The van der Waals surface area contributed by atoms with Crippen LogP contribution in [0.1, 0.15) is 0 Å². The van der Waals surface area contributed by atoms with Gasteiger partial charge in [-0.1, -0.05) is 24.3 Å². The molecule has 0 bridgehead atoms. The van der Waals surface area contributed by atoms with E-state index in [1.807, 2.05) is 36.4 Å². The maximum atomic E-state index is 5.63. The summed E-state index contributed by atoms with van der Waals surface area (Å²) in [6.45, 7) is 0. The Morgan fingerprint density at radius 1 is 0.750 bits per heavy atom. The fraction of sp³-hybridized carbons (Fsp3) is 0. The average molecular weight is 210 g/mol. The summed E-state index contributed by atoms with van der Waals surface area (Å²) < 4.78 is 0. The molecule has 4 heteroatoms. The van der Waals surface area contributed by atoms with Gasteiger partial charge in [-0.3, -0.25) is 0 Å². The molecular formula is C12H10N4. The Labute approximate surface area is 91.9 Å². The van der Waals surface area contributed by atoms with Crippen molar-refractivity contribution in [2.45, 2.75) is 0 Å². The van der Waals surface area contributed by atoms with Gasteiger partial charge in [0.15, 0.2) is 11.6 Å². The van der Waals surface area contributed by atoms with Crippen molar-refractivity contribution >= 4 is 33.4 Å². The zero-order valence-corrected chi connectivity index (χ0v) is 8.51. The van der Waals surface area contributed by atoms with E-state index in [0.717, 1.165) is 21.8 Å². The number of nitrogens with zero attached hydrogens (tertiary/aromatic N) is 2. The molecule has 0 spiro atoms. The zero-order chi connectivity index (χ0) is 11.1. The first kappa shape index (κ1) is 8.91. The fourth-order valence-corrected chi connectivity index (χ4v) is 1.77. The Morgan fingerprint density at radius 3 is 1.62 bits per heavy atom. The standard InChI is InChI=1S/C12H10N4/c13-11-12(14)16-10-6-8-4-2-1-3-7(8)5-9(10)15-11/h1-6H,(H2,13,15)(H2,14,16). The van der Waals surface area contributed by atoms with Gasteiger partial charge in [-0.05, 0) is 22.9 Å². The summed E-state index contributed by atoms with van der Waals surface area (Å²) >= 11 is 0. The number of anilines is 2. The average Bonchev–Trinajstić information content (AvgIpc) is 2.28. The first-order valence-electron chi connectivity index (χ1n) is 4.95. The maximum absolute atomic E-state index is 5.63. The minimum atomic E-state index is 0.280. The number of aromatic nitrogens is 2. The second-order valence-corrected chi connectivity index (χ2v) is 3.68. The lowest BCUT2D eigenvalue weighted by atomic mass is 10.1. The van der Waals surface area contributed by atoms with E-state index in [1.165, 1.54) is 0 Å². The lowest BCUT2D eigenvalue weighted by molar-refractivity contribution is 1.31. The number of nitrogens with two attached hydrogens (primary N) is 2. The van der Waals surface area contributed by atoms with Crippen molar-refractivity contribution in [3.05, 3.63) is 36.4 Å².